The number of benzene rings is 1. The largest absolute Gasteiger partial charge is 0.388 e. The number of anilines is 1. The third-order valence-electron chi connectivity index (χ3n) is 2.68. The second-order valence-corrected chi connectivity index (χ2v) is 3.73. The van der Waals surface area contributed by atoms with E-state index in [0.29, 0.717) is 0 Å². The molecule has 0 spiro atoms. The van der Waals surface area contributed by atoms with Gasteiger partial charge in [-0.1, -0.05) is 25.1 Å². The summed E-state index contributed by atoms with van der Waals surface area (Å²) in [5.74, 6) is 0. The molecule has 0 atom stereocenters. The molecule has 1 heterocycles. The minimum Gasteiger partial charge on any atom is -0.388 e. The molecule has 0 aliphatic rings. The van der Waals surface area contributed by atoms with Gasteiger partial charge in [-0.2, -0.15) is 0 Å². The third kappa shape index (κ3) is 2.22. The van der Waals surface area contributed by atoms with Crippen molar-refractivity contribution in [2.24, 2.45) is 0 Å². The van der Waals surface area contributed by atoms with E-state index in [9.17, 15) is 0 Å². The molecule has 1 N–H and O–H groups in total. The van der Waals surface area contributed by atoms with Crippen molar-refractivity contribution in [3.63, 3.8) is 0 Å². The van der Waals surface area contributed by atoms with E-state index >= 15 is 0 Å². The van der Waals surface area contributed by atoms with Crippen LogP contribution in [0.2, 0.25) is 0 Å². The number of aryl methyl sites for hydroxylation is 1. The van der Waals surface area contributed by atoms with Crippen molar-refractivity contribution >= 4 is 5.69 Å². The Morgan fingerprint density at radius 1 is 1.19 bits per heavy atom. The number of hydrogen-bond donors (Lipinski definition) is 1. The summed E-state index contributed by atoms with van der Waals surface area (Å²) < 4.78 is 0. The van der Waals surface area contributed by atoms with Crippen LogP contribution in [0.4, 0.5) is 5.69 Å². The fourth-order valence-electron chi connectivity index (χ4n) is 1.69. The molecular formula is C14H16N2. The van der Waals surface area contributed by atoms with E-state index < -0.39 is 0 Å². The Hall–Kier alpha value is -1.83. The quantitative estimate of drug-likeness (QED) is 0.844. The summed E-state index contributed by atoms with van der Waals surface area (Å²) in [6, 6.07) is 12.6. The number of nitrogens with one attached hydrogen (secondary N) is 1. The molecule has 2 heteroatoms. The van der Waals surface area contributed by atoms with Crippen LogP contribution >= 0.6 is 0 Å². The second-order valence-electron chi connectivity index (χ2n) is 3.73. The van der Waals surface area contributed by atoms with E-state index in [0.717, 1.165) is 17.8 Å². The van der Waals surface area contributed by atoms with Gasteiger partial charge in [0.25, 0.3) is 0 Å². The lowest BCUT2D eigenvalue weighted by Crippen LogP contribution is -1.91. The predicted molar refractivity (Wildman–Crippen MR) is 68.6 cm³/mol. The molecule has 0 aliphatic carbocycles. The van der Waals surface area contributed by atoms with Crippen LogP contribution in [0.1, 0.15) is 12.5 Å². The van der Waals surface area contributed by atoms with Gasteiger partial charge in [0.05, 0.1) is 5.69 Å². The number of aromatic nitrogens is 1. The highest BCUT2D eigenvalue weighted by Gasteiger charge is 2.00. The molecule has 82 valence electrons. The van der Waals surface area contributed by atoms with E-state index in [-0.39, 0.29) is 0 Å². The Kier molecular flexibility index (Phi) is 3.20. The molecule has 1 aromatic heterocycles. The van der Waals surface area contributed by atoms with Crippen LogP contribution in [-0.2, 0) is 6.42 Å². The van der Waals surface area contributed by atoms with Crippen molar-refractivity contribution in [3.8, 4) is 11.3 Å². The Morgan fingerprint density at radius 3 is 2.81 bits per heavy atom. The Labute approximate surface area is 96.4 Å². The van der Waals surface area contributed by atoms with Crippen LogP contribution in [0, 0.1) is 0 Å². The third-order valence-corrected chi connectivity index (χ3v) is 2.68. The first-order valence-electron chi connectivity index (χ1n) is 5.56. The Balaban J connectivity index is 2.41. The first-order valence-corrected chi connectivity index (χ1v) is 5.56. The van der Waals surface area contributed by atoms with Crippen molar-refractivity contribution in [2.45, 2.75) is 13.3 Å². The van der Waals surface area contributed by atoms with E-state index in [1.165, 1.54) is 11.1 Å². The molecule has 2 aromatic rings. The van der Waals surface area contributed by atoms with Gasteiger partial charge in [-0.05, 0) is 30.2 Å². The Morgan fingerprint density at radius 2 is 2.06 bits per heavy atom. The summed E-state index contributed by atoms with van der Waals surface area (Å²) in [4.78, 5) is 4.39. The summed E-state index contributed by atoms with van der Waals surface area (Å²) >= 11 is 0. The zero-order chi connectivity index (χ0) is 11.4. The van der Waals surface area contributed by atoms with Crippen molar-refractivity contribution in [1.82, 2.24) is 4.98 Å². The number of pyridine rings is 1. The fraction of sp³-hybridized carbons (Fsp3) is 0.214. The molecule has 0 saturated heterocycles. The molecule has 0 radical (unpaired) electrons. The summed E-state index contributed by atoms with van der Waals surface area (Å²) in [5, 5.41) is 3.13. The van der Waals surface area contributed by atoms with Gasteiger partial charge in [-0.25, -0.2) is 0 Å². The van der Waals surface area contributed by atoms with Crippen LogP contribution < -0.4 is 5.32 Å². The summed E-state index contributed by atoms with van der Waals surface area (Å²) in [5.41, 5.74) is 4.62. The van der Waals surface area contributed by atoms with Crippen molar-refractivity contribution in [3.05, 3.63) is 48.2 Å². The van der Waals surface area contributed by atoms with Gasteiger partial charge in [0.2, 0.25) is 0 Å². The fourth-order valence-corrected chi connectivity index (χ4v) is 1.69. The molecule has 0 aliphatic heterocycles. The van der Waals surface area contributed by atoms with Crippen molar-refractivity contribution in [1.29, 1.82) is 0 Å². The molecule has 0 unspecified atom stereocenters. The van der Waals surface area contributed by atoms with Crippen molar-refractivity contribution in [2.75, 3.05) is 12.4 Å². The van der Waals surface area contributed by atoms with Crippen LogP contribution in [0.3, 0.4) is 0 Å². The molecule has 0 bridgehead atoms. The number of nitrogens with zero attached hydrogens (tertiary/aromatic N) is 1. The maximum absolute atomic E-state index is 4.39. The molecule has 0 saturated carbocycles. The van der Waals surface area contributed by atoms with Gasteiger partial charge in [-0.15, -0.1) is 0 Å². The predicted octanol–water partition coefficient (Wildman–Crippen LogP) is 3.35. The average Bonchev–Trinajstić information content (AvgIpc) is 2.39. The monoisotopic (exact) mass is 212 g/mol. The van der Waals surface area contributed by atoms with Crippen LogP contribution in [0.15, 0.2) is 42.6 Å². The minimum absolute atomic E-state index is 1.02. The Bertz CT molecular complexity index is 432. The van der Waals surface area contributed by atoms with Crippen LogP contribution in [0.25, 0.3) is 11.3 Å². The zero-order valence-electron chi connectivity index (χ0n) is 9.70. The van der Waals surface area contributed by atoms with Gasteiger partial charge in [0.15, 0.2) is 0 Å². The minimum atomic E-state index is 1.02. The van der Waals surface area contributed by atoms with Gasteiger partial charge in [0, 0.05) is 24.5 Å². The highest BCUT2D eigenvalue weighted by atomic mass is 14.8. The maximum Gasteiger partial charge on any atom is 0.0722 e. The topological polar surface area (TPSA) is 24.9 Å². The van der Waals surface area contributed by atoms with Crippen molar-refractivity contribution < 1.29 is 0 Å². The zero-order valence-corrected chi connectivity index (χ0v) is 9.70. The summed E-state index contributed by atoms with van der Waals surface area (Å²) in [6.45, 7) is 2.16. The smallest absolute Gasteiger partial charge is 0.0722 e. The highest BCUT2D eigenvalue weighted by molar-refractivity contribution is 5.64. The summed E-state index contributed by atoms with van der Waals surface area (Å²) in [7, 11) is 1.92. The molecule has 1 aromatic carbocycles. The molecule has 16 heavy (non-hydrogen) atoms. The van der Waals surface area contributed by atoms with Gasteiger partial charge in [-0.3, -0.25) is 4.98 Å². The lowest BCUT2D eigenvalue weighted by molar-refractivity contribution is 1.14. The lowest BCUT2D eigenvalue weighted by Gasteiger charge is -2.05. The maximum atomic E-state index is 4.39. The normalized spacial score (nSPS) is 10.1. The lowest BCUT2D eigenvalue weighted by atomic mass is 10.1. The van der Waals surface area contributed by atoms with E-state index in [2.05, 4.69) is 47.6 Å². The molecule has 0 amide bonds. The second kappa shape index (κ2) is 4.79. The van der Waals surface area contributed by atoms with E-state index in [1.807, 2.05) is 19.3 Å². The summed E-state index contributed by atoms with van der Waals surface area (Å²) in [6.07, 6.45) is 2.89. The standard InChI is InChI=1S/C14H16N2/c1-3-11-5-4-6-12(9-11)14-10-13(15-2)7-8-16-14/h4-10H,3H2,1-2H3,(H,15,16). The molecule has 2 rings (SSSR count). The van der Waals surface area contributed by atoms with Crippen LogP contribution in [0.5, 0.6) is 0 Å². The van der Waals surface area contributed by atoms with Gasteiger partial charge >= 0.3 is 0 Å². The first-order chi connectivity index (χ1) is 7.83. The number of hydrogen-bond acceptors (Lipinski definition) is 2. The van der Waals surface area contributed by atoms with Gasteiger partial charge in [0.1, 0.15) is 0 Å². The average molecular weight is 212 g/mol. The molecular weight excluding hydrogens is 196 g/mol. The van der Waals surface area contributed by atoms with Gasteiger partial charge < -0.3 is 5.32 Å². The van der Waals surface area contributed by atoms with E-state index in [1.54, 1.807) is 0 Å². The van der Waals surface area contributed by atoms with Crippen LogP contribution in [-0.4, -0.2) is 12.0 Å². The SMILES string of the molecule is CCc1cccc(-c2cc(NC)ccn2)c1. The first kappa shape index (κ1) is 10.7. The highest BCUT2D eigenvalue weighted by Crippen LogP contribution is 2.21. The number of rotatable bonds is 3. The van der Waals surface area contributed by atoms with E-state index in [4.69, 9.17) is 0 Å². The molecule has 2 nitrogen and oxygen atoms in total. The molecule has 0 fully saturated rings.